The van der Waals surface area contributed by atoms with E-state index in [2.05, 4.69) is 20.3 Å². The van der Waals surface area contributed by atoms with Crippen LogP contribution in [0.25, 0.3) is 0 Å². The quantitative estimate of drug-likeness (QED) is 0.546. The Hall–Kier alpha value is -4.08. The number of carbonyl (C=O) groups is 2. The van der Waals surface area contributed by atoms with Gasteiger partial charge in [-0.05, 0) is 49.1 Å². The predicted molar refractivity (Wildman–Crippen MR) is 116 cm³/mol. The van der Waals surface area contributed by atoms with E-state index in [4.69, 9.17) is 0 Å². The monoisotopic (exact) mass is 451 g/mol. The van der Waals surface area contributed by atoms with Crippen LogP contribution in [0.2, 0.25) is 0 Å². The smallest absolute Gasteiger partial charge is 0.294 e. The Morgan fingerprint density at radius 3 is 2.61 bits per heavy atom. The number of nitrogens with one attached hydrogen (secondary N) is 2. The van der Waals surface area contributed by atoms with Crippen LogP contribution in [0.3, 0.4) is 0 Å². The SMILES string of the molecule is O=C(NCc1ccc(F)cc1)c1nc(C2CCCCN2C(=O)c2ccncc2)[nH]c(=O)c1O. The van der Waals surface area contributed by atoms with Crippen LogP contribution >= 0.6 is 0 Å². The average Bonchev–Trinajstić information content (AvgIpc) is 2.85. The Balaban J connectivity index is 1.59. The second kappa shape index (κ2) is 9.60. The molecule has 1 aliphatic heterocycles. The highest BCUT2D eigenvalue weighted by atomic mass is 19.1. The lowest BCUT2D eigenvalue weighted by molar-refractivity contribution is 0.0599. The first kappa shape index (κ1) is 22.1. The molecule has 10 heteroatoms. The van der Waals surface area contributed by atoms with Gasteiger partial charge in [0.1, 0.15) is 11.6 Å². The highest BCUT2D eigenvalue weighted by molar-refractivity contribution is 5.95. The molecule has 1 aliphatic rings. The number of piperidine rings is 1. The second-order valence-electron chi connectivity index (χ2n) is 7.70. The van der Waals surface area contributed by atoms with E-state index < -0.39 is 34.8 Å². The summed E-state index contributed by atoms with van der Waals surface area (Å²) < 4.78 is 13.1. The summed E-state index contributed by atoms with van der Waals surface area (Å²) in [6, 6.07) is 8.20. The highest BCUT2D eigenvalue weighted by Gasteiger charge is 2.32. The van der Waals surface area contributed by atoms with Crippen LogP contribution in [0.15, 0.2) is 53.6 Å². The van der Waals surface area contributed by atoms with Gasteiger partial charge in [0, 0.05) is 31.0 Å². The summed E-state index contributed by atoms with van der Waals surface area (Å²) >= 11 is 0. The van der Waals surface area contributed by atoms with Crippen molar-refractivity contribution in [3.63, 3.8) is 0 Å². The number of H-pyrrole nitrogens is 1. The molecule has 0 spiro atoms. The zero-order valence-corrected chi connectivity index (χ0v) is 17.6. The van der Waals surface area contributed by atoms with Gasteiger partial charge in [-0.15, -0.1) is 0 Å². The summed E-state index contributed by atoms with van der Waals surface area (Å²) in [6.07, 6.45) is 5.19. The van der Waals surface area contributed by atoms with Gasteiger partial charge in [0.25, 0.3) is 17.4 Å². The van der Waals surface area contributed by atoms with Gasteiger partial charge in [0.15, 0.2) is 5.69 Å². The first-order valence-corrected chi connectivity index (χ1v) is 10.5. The van der Waals surface area contributed by atoms with Crippen molar-refractivity contribution < 1.29 is 19.1 Å². The van der Waals surface area contributed by atoms with Crippen molar-refractivity contribution in [2.75, 3.05) is 6.54 Å². The van der Waals surface area contributed by atoms with E-state index in [1.165, 1.54) is 36.7 Å². The zero-order chi connectivity index (χ0) is 23.4. The third-order valence-corrected chi connectivity index (χ3v) is 5.50. The third kappa shape index (κ3) is 4.89. The van der Waals surface area contributed by atoms with Gasteiger partial charge in [-0.2, -0.15) is 0 Å². The Labute approximate surface area is 188 Å². The highest BCUT2D eigenvalue weighted by Crippen LogP contribution is 2.30. The number of aromatic hydroxyl groups is 1. The molecule has 1 aromatic carbocycles. The molecular formula is C23H22FN5O4. The van der Waals surface area contributed by atoms with Crippen molar-refractivity contribution in [3.8, 4) is 5.75 Å². The minimum Gasteiger partial charge on any atom is -0.501 e. The van der Waals surface area contributed by atoms with E-state index in [0.717, 1.165) is 12.8 Å². The number of carbonyl (C=O) groups excluding carboxylic acids is 2. The van der Waals surface area contributed by atoms with E-state index in [1.807, 2.05) is 0 Å². The molecule has 1 atom stereocenters. The number of likely N-dealkylation sites (tertiary alicyclic amines) is 1. The molecule has 0 bridgehead atoms. The van der Waals surface area contributed by atoms with Crippen LogP contribution in [-0.4, -0.2) is 43.3 Å². The number of nitrogens with zero attached hydrogens (tertiary/aromatic N) is 3. The molecule has 2 amide bonds. The molecule has 3 heterocycles. The number of aromatic amines is 1. The Morgan fingerprint density at radius 2 is 1.88 bits per heavy atom. The van der Waals surface area contributed by atoms with E-state index in [-0.39, 0.29) is 18.3 Å². The Bertz CT molecular complexity index is 1210. The largest absolute Gasteiger partial charge is 0.501 e. The fourth-order valence-corrected chi connectivity index (χ4v) is 3.79. The van der Waals surface area contributed by atoms with Crippen molar-refractivity contribution in [2.24, 2.45) is 0 Å². The maximum atomic E-state index is 13.1. The number of pyridine rings is 1. The predicted octanol–water partition coefficient (Wildman–Crippen LogP) is 2.31. The Kier molecular flexibility index (Phi) is 6.43. The molecule has 3 aromatic rings. The van der Waals surface area contributed by atoms with Crippen LogP contribution in [0.5, 0.6) is 5.75 Å². The van der Waals surface area contributed by atoms with Gasteiger partial charge in [0.05, 0.1) is 6.04 Å². The molecule has 4 rings (SSSR count). The summed E-state index contributed by atoms with van der Waals surface area (Å²) in [4.78, 5) is 50.4. The van der Waals surface area contributed by atoms with Gasteiger partial charge in [-0.3, -0.25) is 19.4 Å². The molecule has 33 heavy (non-hydrogen) atoms. The van der Waals surface area contributed by atoms with Gasteiger partial charge in [-0.1, -0.05) is 12.1 Å². The zero-order valence-electron chi connectivity index (χ0n) is 17.6. The van der Waals surface area contributed by atoms with E-state index in [1.54, 1.807) is 17.0 Å². The lowest BCUT2D eigenvalue weighted by atomic mass is 10.00. The number of amides is 2. The van der Waals surface area contributed by atoms with Crippen LogP contribution in [0.1, 0.15) is 57.5 Å². The number of benzene rings is 1. The molecule has 0 radical (unpaired) electrons. The van der Waals surface area contributed by atoms with Crippen molar-refractivity contribution in [1.82, 2.24) is 25.2 Å². The molecule has 9 nitrogen and oxygen atoms in total. The van der Waals surface area contributed by atoms with Crippen molar-refractivity contribution in [3.05, 3.63) is 87.6 Å². The van der Waals surface area contributed by atoms with Crippen LogP contribution in [0, 0.1) is 5.82 Å². The standard InChI is InChI=1S/C23H22FN5O4/c24-16-6-4-14(5-7-16)13-26-21(31)18-19(30)22(32)28-20(27-18)17-3-1-2-12-29(17)23(33)15-8-10-25-11-9-15/h4-11,17,30H,1-3,12-13H2,(H,26,31)(H,27,28,32). The van der Waals surface area contributed by atoms with Crippen molar-refractivity contribution in [1.29, 1.82) is 0 Å². The number of rotatable bonds is 5. The van der Waals surface area contributed by atoms with Gasteiger partial charge >= 0.3 is 0 Å². The number of hydrogen-bond donors (Lipinski definition) is 3. The molecule has 1 unspecified atom stereocenters. The maximum Gasteiger partial charge on any atom is 0.294 e. The average molecular weight is 451 g/mol. The molecule has 1 fully saturated rings. The van der Waals surface area contributed by atoms with Gasteiger partial charge in [-0.25, -0.2) is 9.37 Å². The number of hydrogen-bond acceptors (Lipinski definition) is 6. The van der Waals surface area contributed by atoms with Crippen LogP contribution in [-0.2, 0) is 6.54 Å². The molecular weight excluding hydrogens is 429 g/mol. The van der Waals surface area contributed by atoms with Crippen molar-refractivity contribution in [2.45, 2.75) is 31.8 Å². The molecule has 0 aliphatic carbocycles. The lowest BCUT2D eigenvalue weighted by Crippen LogP contribution is -2.40. The van der Waals surface area contributed by atoms with Gasteiger partial charge < -0.3 is 20.3 Å². The topological polar surface area (TPSA) is 128 Å². The van der Waals surface area contributed by atoms with Crippen molar-refractivity contribution >= 4 is 11.8 Å². The fraction of sp³-hybridized carbons (Fsp3) is 0.261. The lowest BCUT2D eigenvalue weighted by Gasteiger charge is -2.35. The minimum atomic E-state index is -0.867. The maximum absolute atomic E-state index is 13.1. The molecule has 170 valence electrons. The van der Waals surface area contributed by atoms with E-state index in [9.17, 15) is 23.9 Å². The molecule has 2 aromatic heterocycles. The van der Waals surface area contributed by atoms with Crippen LogP contribution < -0.4 is 10.9 Å². The third-order valence-electron chi connectivity index (χ3n) is 5.50. The molecule has 0 saturated carbocycles. The van der Waals surface area contributed by atoms with Gasteiger partial charge in [0.2, 0.25) is 5.75 Å². The summed E-state index contributed by atoms with van der Waals surface area (Å²) in [6.45, 7) is 0.515. The molecule has 3 N–H and O–H groups in total. The van der Waals surface area contributed by atoms with Crippen LogP contribution in [0.4, 0.5) is 4.39 Å². The first-order valence-electron chi connectivity index (χ1n) is 10.5. The Morgan fingerprint density at radius 1 is 1.15 bits per heavy atom. The van der Waals surface area contributed by atoms with E-state index >= 15 is 0 Å². The number of aromatic nitrogens is 3. The fourth-order valence-electron chi connectivity index (χ4n) is 3.79. The summed E-state index contributed by atoms with van der Waals surface area (Å²) in [7, 11) is 0. The second-order valence-corrected chi connectivity index (χ2v) is 7.70. The summed E-state index contributed by atoms with van der Waals surface area (Å²) in [5.74, 6) is -2.07. The van der Waals surface area contributed by atoms with E-state index in [0.29, 0.717) is 24.1 Å². The number of halogens is 1. The summed E-state index contributed by atoms with van der Waals surface area (Å²) in [5.41, 5.74) is -0.211. The summed E-state index contributed by atoms with van der Waals surface area (Å²) in [5, 5.41) is 12.7. The molecule has 1 saturated heterocycles. The first-order chi connectivity index (χ1) is 15.9. The normalized spacial score (nSPS) is 15.8. The minimum absolute atomic E-state index is 0.0540.